The fourth-order valence-corrected chi connectivity index (χ4v) is 1.78. The summed E-state index contributed by atoms with van der Waals surface area (Å²) in [6.45, 7) is 0. The maximum absolute atomic E-state index is 13.0. The van der Waals surface area contributed by atoms with Crippen LogP contribution in [0.1, 0.15) is 25.7 Å². The van der Waals surface area contributed by atoms with Gasteiger partial charge < -0.3 is 10.5 Å². The van der Waals surface area contributed by atoms with Gasteiger partial charge in [-0.05, 0) is 37.8 Å². The van der Waals surface area contributed by atoms with Crippen LogP contribution in [-0.2, 0) is 0 Å². The number of ether oxygens (including phenoxy) is 1. The van der Waals surface area contributed by atoms with Gasteiger partial charge in [-0.25, -0.2) is 4.39 Å². The van der Waals surface area contributed by atoms with Crippen molar-refractivity contribution in [2.24, 2.45) is 0 Å². The molecular weight excluding hydrogens is 181 g/mol. The normalized spacial score (nSPS) is 17.2. The number of halogens is 1. The van der Waals surface area contributed by atoms with Crippen LogP contribution in [0.2, 0.25) is 0 Å². The fourth-order valence-electron chi connectivity index (χ4n) is 1.78. The van der Waals surface area contributed by atoms with Gasteiger partial charge in [0, 0.05) is 6.07 Å². The number of hydrogen-bond acceptors (Lipinski definition) is 2. The Labute approximate surface area is 82.9 Å². The van der Waals surface area contributed by atoms with E-state index < -0.39 is 5.82 Å². The third kappa shape index (κ3) is 1.97. The van der Waals surface area contributed by atoms with Crippen LogP contribution in [0.5, 0.6) is 5.75 Å². The molecule has 1 fully saturated rings. The van der Waals surface area contributed by atoms with Crippen molar-refractivity contribution in [3.05, 3.63) is 24.0 Å². The number of nitrogens with two attached hydrogens (primary N) is 1. The zero-order valence-corrected chi connectivity index (χ0v) is 8.00. The van der Waals surface area contributed by atoms with Crippen molar-refractivity contribution in [1.29, 1.82) is 0 Å². The fraction of sp³-hybridized carbons (Fsp3) is 0.455. The predicted molar refractivity (Wildman–Crippen MR) is 53.7 cm³/mol. The molecule has 0 amide bonds. The van der Waals surface area contributed by atoms with Gasteiger partial charge in [0.2, 0.25) is 0 Å². The molecule has 0 atom stereocenters. The van der Waals surface area contributed by atoms with E-state index in [4.69, 9.17) is 10.5 Å². The first-order valence-corrected chi connectivity index (χ1v) is 4.97. The first-order valence-electron chi connectivity index (χ1n) is 4.97. The lowest BCUT2D eigenvalue weighted by atomic mass is 10.2. The topological polar surface area (TPSA) is 35.2 Å². The van der Waals surface area contributed by atoms with Crippen molar-refractivity contribution in [2.45, 2.75) is 31.8 Å². The van der Waals surface area contributed by atoms with Crippen molar-refractivity contribution >= 4 is 5.69 Å². The molecule has 2 nitrogen and oxygen atoms in total. The van der Waals surface area contributed by atoms with Crippen LogP contribution in [0.3, 0.4) is 0 Å². The quantitative estimate of drug-likeness (QED) is 0.736. The Hall–Kier alpha value is -1.25. The van der Waals surface area contributed by atoms with Crippen LogP contribution < -0.4 is 10.5 Å². The second-order valence-electron chi connectivity index (χ2n) is 3.71. The van der Waals surface area contributed by atoms with Crippen molar-refractivity contribution in [3.8, 4) is 5.75 Å². The molecule has 0 radical (unpaired) electrons. The molecular formula is C11H14FNO. The van der Waals surface area contributed by atoms with Gasteiger partial charge in [0.25, 0.3) is 0 Å². The minimum atomic E-state index is -0.402. The van der Waals surface area contributed by atoms with E-state index in [2.05, 4.69) is 0 Å². The van der Waals surface area contributed by atoms with E-state index in [0.717, 1.165) is 12.8 Å². The molecule has 76 valence electrons. The van der Waals surface area contributed by atoms with Crippen LogP contribution in [-0.4, -0.2) is 6.10 Å². The molecule has 14 heavy (non-hydrogen) atoms. The number of rotatable bonds is 2. The Morgan fingerprint density at radius 3 is 2.64 bits per heavy atom. The third-order valence-electron chi connectivity index (χ3n) is 2.58. The van der Waals surface area contributed by atoms with Crippen molar-refractivity contribution in [3.63, 3.8) is 0 Å². The lowest BCUT2D eigenvalue weighted by molar-refractivity contribution is 0.209. The van der Waals surface area contributed by atoms with E-state index in [-0.39, 0.29) is 11.8 Å². The van der Waals surface area contributed by atoms with E-state index in [0.29, 0.717) is 5.75 Å². The second-order valence-corrected chi connectivity index (χ2v) is 3.71. The van der Waals surface area contributed by atoms with Crippen LogP contribution >= 0.6 is 0 Å². The number of benzene rings is 1. The average Bonchev–Trinajstić information content (AvgIpc) is 2.64. The monoisotopic (exact) mass is 195 g/mol. The largest absolute Gasteiger partial charge is 0.490 e. The number of anilines is 1. The van der Waals surface area contributed by atoms with E-state index in [1.54, 1.807) is 12.1 Å². The number of hydrogen-bond donors (Lipinski definition) is 1. The highest BCUT2D eigenvalue weighted by molar-refractivity contribution is 5.43. The summed E-state index contributed by atoms with van der Waals surface area (Å²) in [4.78, 5) is 0. The zero-order valence-electron chi connectivity index (χ0n) is 8.00. The molecule has 0 heterocycles. The van der Waals surface area contributed by atoms with Gasteiger partial charge in [-0.2, -0.15) is 0 Å². The first-order chi connectivity index (χ1) is 6.75. The number of nitrogen functional groups attached to an aromatic ring is 1. The van der Waals surface area contributed by atoms with Crippen LogP contribution in [0.4, 0.5) is 10.1 Å². The van der Waals surface area contributed by atoms with Crippen LogP contribution in [0.25, 0.3) is 0 Å². The molecule has 0 aliphatic heterocycles. The Kier molecular flexibility index (Phi) is 2.57. The molecule has 0 saturated heterocycles. The van der Waals surface area contributed by atoms with Gasteiger partial charge in [0.05, 0.1) is 11.8 Å². The SMILES string of the molecule is Nc1ccc(OC2CCCC2)cc1F. The van der Waals surface area contributed by atoms with Gasteiger partial charge in [0.15, 0.2) is 0 Å². The third-order valence-corrected chi connectivity index (χ3v) is 2.58. The summed E-state index contributed by atoms with van der Waals surface area (Å²) < 4.78 is 18.7. The van der Waals surface area contributed by atoms with E-state index >= 15 is 0 Å². The summed E-state index contributed by atoms with van der Waals surface area (Å²) in [6.07, 6.45) is 4.83. The lowest BCUT2D eigenvalue weighted by Crippen LogP contribution is -2.11. The average molecular weight is 195 g/mol. The summed E-state index contributed by atoms with van der Waals surface area (Å²) in [5, 5.41) is 0. The predicted octanol–water partition coefficient (Wildman–Crippen LogP) is 2.73. The molecule has 3 heteroatoms. The van der Waals surface area contributed by atoms with Gasteiger partial charge in [-0.1, -0.05) is 0 Å². The van der Waals surface area contributed by atoms with Gasteiger partial charge >= 0.3 is 0 Å². The summed E-state index contributed by atoms with van der Waals surface area (Å²) in [5.74, 6) is 0.184. The zero-order chi connectivity index (χ0) is 9.97. The molecule has 2 N–H and O–H groups in total. The Morgan fingerprint density at radius 2 is 2.00 bits per heavy atom. The first kappa shape index (κ1) is 9.31. The molecule has 1 aromatic carbocycles. The van der Waals surface area contributed by atoms with E-state index in [1.807, 2.05) is 0 Å². The van der Waals surface area contributed by atoms with E-state index in [1.165, 1.54) is 18.9 Å². The smallest absolute Gasteiger partial charge is 0.149 e. The highest BCUT2D eigenvalue weighted by Gasteiger charge is 2.16. The van der Waals surface area contributed by atoms with Gasteiger partial charge in [-0.3, -0.25) is 0 Å². The highest BCUT2D eigenvalue weighted by Crippen LogP contribution is 2.25. The molecule has 1 saturated carbocycles. The van der Waals surface area contributed by atoms with Crippen LogP contribution in [0.15, 0.2) is 18.2 Å². The summed E-state index contributed by atoms with van der Waals surface area (Å²) in [5.41, 5.74) is 5.54. The molecule has 1 aromatic rings. The molecule has 0 bridgehead atoms. The van der Waals surface area contributed by atoms with E-state index in [9.17, 15) is 4.39 Å². The molecule has 0 aromatic heterocycles. The van der Waals surface area contributed by atoms with Crippen molar-refractivity contribution in [2.75, 3.05) is 5.73 Å². The summed E-state index contributed by atoms with van der Waals surface area (Å²) >= 11 is 0. The highest BCUT2D eigenvalue weighted by atomic mass is 19.1. The molecule has 1 aliphatic carbocycles. The van der Waals surface area contributed by atoms with Gasteiger partial charge in [0.1, 0.15) is 11.6 Å². The minimum absolute atomic E-state index is 0.170. The maximum atomic E-state index is 13.0. The molecule has 0 spiro atoms. The molecule has 0 unspecified atom stereocenters. The Morgan fingerprint density at radius 1 is 1.29 bits per heavy atom. The van der Waals surface area contributed by atoms with Crippen molar-refractivity contribution < 1.29 is 9.13 Å². The second kappa shape index (κ2) is 3.86. The standard InChI is InChI=1S/C11H14FNO/c12-10-7-9(5-6-11(10)13)14-8-3-1-2-4-8/h5-8H,1-4,13H2. The van der Waals surface area contributed by atoms with Gasteiger partial charge in [-0.15, -0.1) is 0 Å². The Balaban J connectivity index is 2.05. The van der Waals surface area contributed by atoms with Crippen LogP contribution in [0, 0.1) is 5.82 Å². The maximum Gasteiger partial charge on any atom is 0.149 e. The lowest BCUT2D eigenvalue weighted by Gasteiger charge is -2.13. The summed E-state index contributed by atoms with van der Waals surface area (Å²) in [7, 11) is 0. The Bertz CT molecular complexity index is 321. The minimum Gasteiger partial charge on any atom is -0.490 e. The summed E-state index contributed by atoms with van der Waals surface area (Å²) in [6, 6.07) is 4.62. The molecule has 1 aliphatic rings. The van der Waals surface area contributed by atoms with Crippen molar-refractivity contribution in [1.82, 2.24) is 0 Å². The molecule has 2 rings (SSSR count).